The molecule has 110 valence electrons. The lowest BCUT2D eigenvalue weighted by atomic mass is 10.2. The quantitative estimate of drug-likeness (QED) is 0.900. The summed E-state index contributed by atoms with van der Waals surface area (Å²) in [6.45, 7) is 0. The number of hydrogen-bond acceptors (Lipinski definition) is 3. The summed E-state index contributed by atoms with van der Waals surface area (Å²) in [4.78, 5) is 12.1. The van der Waals surface area contributed by atoms with E-state index >= 15 is 0 Å². The lowest BCUT2D eigenvalue weighted by Gasteiger charge is -2.07. The van der Waals surface area contributed by atoms with Gasteiger partial charge in [-0.2, -0.15) is 0 Å². The molecule has 0 atom stereocenters. The van der Waals surface area contributed by atoms with Crippen molar-refractivity contribution in [2.45, 2.75) is 4.90 Å². The molecule has 0 unspecified atom stereocenters. The Morgan fingerprint density at radius 1 is 1.19 bits per heavy atom. The van der Waals surface area contributed by atoms with Gasteiger partial charge < -0.3 is 5.32 Å². The van der Waals surface area contributed by atoms with Crippen molar-refractivity contribution in [1.29, 1.82) is 0 Å². The van der Waals surface area contributed by atoms with Crippen molar-refractivity contribution in [3.05, 3.63) is 58.3 Å². The first kappa shape index (κ1) is 15.7. The summed E-state index contributed by atoms with van der Waals surface area (Å²) < 4.78 is 37.1. The van der Waals surface area contributed by atoms with Crippen LogP contribution < -0.4 is 5.32 Å². The fourth-order valence-corrected chi connectivity index (χ4v) is 2.68. The van der Waals surface area contributed by atoms with Crippen LogP contribution in [0.2, 0.25) is 0 Å². The second-order valence-electron chi connectivity index (χ2n) is 4.38. The van der Waals surface area contributed by atoms with Gasteiger partial charge in [-0.1, -0.05) is 22.0 Å². The molecule has 0 aromatic heterocycles. The van der Waals surface area contributed by atoms with Gasteiger partial charge in [-0.3, -0.25) is 4.79 Å². The van der Waals surface area contributed by atoms with Gasteiger partial charge in [0.2, 0.25) is 0 Å². The van der Waals surface area contributed by atoms with Crippen molar-refractivity contribution in [2.24, 2.45) is 0 Å². The second-order valence-corrected chi connectivity index (χ2v) is 7.31. The Kier molecular flexibility index (Phi) is 4.43. The van der Waals surface area contributed by atoms with Crippen molar-refractivity contribution < 1.29 is 17.6 Å². The molecule has 0 aliphatic rings. The SMILES string of the molecule is CS(=O)(=O)c1cccc(NC(=O)c2ccc(Br)cc2F)c1. The number of carbonyl (C=O) groups excluding carboxylic acids is 1. The van der Waals surface area contributed by atoms with E-state index in [4.69, 9.17) is 0 Å². The second kappa shape index (κ2) is 5.95. The van der Waals surface area contributed by atoms with Crippen molar-refractivity contribution in [2.75, 3.05) is 11.6 Å². The predicted molar refractivity (Wildman–Crippen MR) is 81.6 cm³/mol. The Hall–Kier alpha value is -1.73. The van der Waals surface area contributed by atoms with E-state index in [0.29, 0.717) is 4.47 Å². The molecule has 0 saturated carbocycles. The normalized spacial score (nSPS) is 11.2. The number of carbonyl (C=O) groups is 1. The molecular weight excluding hydrogens is 361 g/mol. The Bertz CT molecular complexity index is 806. The highest BCUT2D eigenvalue weighted by molar-refractivity contribution is 9.10. The van der Waals surface area contributed by atoms with Crippen LogP contribution in [0.1, 0.15) is 10.4 Å². The summed E-state index contributed by atoms with van der Waals surface area (Å²) in [5.74, 6) is -1.31. The molecule has 1 N–H and O–H groups in total. The highest BCUT2D eigenvalue weighted by Crippen LogP contribution is 2.19. The van der Waals surface area contributed by atoms with Crippen molar-refractivity contribution in [1.82, 2.24) is 0 Å². The van der Waals surface area contributed by atoms with E-state index in [1.54, 1.807) is 6.07 Å². The lowest BCUT2D eigenvalue weighted by Crippen LogP contribution is -2.14. The van der Waals surface area contributed by atoms with Crippen LogP contribution in [0.4, 0.5) is 10.1 Å². The van der Waals surface area contributed by atoms with Crippen LogP contribution in [0.25, 0.3) is 0 Å². The van der Waals surface area contributed by atoms with Gasteiger partial charge in [-0.15, -0.1) is 0 Å². The molecule has 0 bridgehead atoms. The van der Waals surface area contributed by atoms with Gasteiger partial charge in [0.25, 0.3) is 5.91 Å². The summed E-state index contributed by atoms with van der Waals surface area (Å²) >= 11 is 3.11. The molecule has 0 aliphatic heterocycles. The predicted octanol–water partition coefficient (Wildman–Crippen LogP) is 3.24. The fraction of sp³-hybridized carbons (Fsp3) is 0.0714. The summed E-state index contributed by atoms with van der Waals surface area (Å²) in [6, 6.07) is 9.85. The average Bonchev–Trinajstić information content (AvgIpc) is 2.37. The number of anilines is 1. The minimum Gasteiger partial charge on any atom is -0.322 e. The maximum absolute atomic E-state index is 13.7. The summed E-state index contributed by atoms with van der Waals surface area (Å²) in [5, 5.41) is 2.47. The van der Waals surface area contributed by atoms with Crippen LogP contribution in [0, 0.1) is 5.82 Å². The van der Waals surface area contributed by atoms with Gasteiger partial charge in [0, 0.05) is 16.4 Å². The third kappa shape index (κ3) is 3.89. The molecule has 0 fully saturated rings. The Labute approximate surface area is 130 Å². The number of nitrogens with one attached hydrogen (secondary N) is 1. The van der Waals surface area contributed by atoms with E-state index in [1.165, 1.54) is 36.4 Å². The minimum absolute atomic E-state index is 0.0802. The maximum Gasteiger partial charge on any atom is 0.258 e. The minimum atomic E-state index is -3.37. The Balaban J connectivity index is 2.28. The average molecular weight is 372 g/mol. The summed E-state index contributed by atoms with van der Waals surface area (Å²) in [6.07, 6.45) is 1.07. The summed E-state index contributed by atoms with van der Waals surface area (Å²) in [5.41, 5.74) is 0.160. The molecule has 2 aromatic rings. The number of halogens is 2. The van der Waals surface area contributed by atoms with E-state index in [-0.39, 0.29) is 16.1 Å². The third-order valence-corrected chi connectivity index (χ3v) is 4.30. The molecule has 2 aromatic carbocycles. The van der Waals surface area contributed by atoms with Crippen molar-refractivity contribution in [3.8, 4) is 0 Å². The van der Waals surface area contributed by atoms with Gasteiger partial charge >= 0.3 is 0 Å². The van der Waals surface area contributed by atoms with Crippen LogP contribution in [-0.2, 0) is 9.84 Å². The Morgan fingerprint density at radius 3 is 2.52 bits per heavy atom. The number of benzene rings is 2. The van der Waals surface area contributed by atoms with Gasteiger partial charge in [0.1, 0.15) is 5.82 Å². The number of sulfone groups is 1. The highest BCUT2D eigenvalue weighted by atomic mass is 79.9. The van der Waals surface area contributed by atoms with Crippen molar-refractivity contribution >= 4 is 37.4 Å². The first-order valence-corrected chi connectivity index (χ1v) is 8.52. The van der Waals surface area contributed by atoms with Crippen LogP contribution in [0.3, 0.4) is 0 Å². The van der Waals surface area contributed by atoms with Gasteiger partial charge in [-0.25, -0.2) is 12.8 Å². The van der Waals surface area contributed by atoms with E-state index in [2.05, 4.69) is 21.2 Å². The molecule has 0 spiro atoms. The molecular formula is C14H11BrFNO3S. The molecule has 21 heavy (non-hydrogen) atoms. The van der Waals surface area contributed by atoms with Gasteiger partial charge in [-0.05, 0) is 36.4 Å². The molecule has 7 heteroatoms. The molecule has 0 aliphatic carbocycles. The number of amides is 1. The van der Waals surface area contributed by atoms with E-state index in [0.717, 1.165) is 6.26 Å². The fourth-order valence-electron chi connectivity index (χ4n) is 1.68. The van der Waals surface area contributed by atoms with E-state index in [1.807, 2.05) is 0 Å². The van der Waals surface area contributed by atoms with Gasteiger partial charge in [0.15, 0.2) is 9.84 Å². The molecule has 0 radical (unpaired) electrons. The standard InChI is InChI=1S/C14H11BrFNO3S/c1-21(19,20)11-4-2-3-10(8-11)17-14(18)12-6-5-9(15)7-13(12)16/h2-8H,1H3,(H,17,18). The van der Waals surface area contributed by atoms with Crippen LogP contribution in [0.15, 0.2) is 51.8 Å². The number of rotatable bonds is 3. The van der Waals surface area contributed by atoms with Crippen LogP contribution in [0.5, 0.6) is 0 Å². The smallest absolute Gasteiger partial charge is 0.258 e. The number of hydrogen-bond donors (Lipinski definition) is 1. The zero-order valence-corrected chi connectivity index (χ0v) is 13.3. The topological polar surface area (TPSA) is 63.2 Å². The Morgan fingerprint density at radius 2 is 1.90 bits per heavy atom. The zero-order chi connectivity index (χ0) is 15.6. The first-order chi connectivity index (χ1) is 9.77. The molecule has 1 amide bonds. The van der Waals surface area contributed by atoms with Crippen molar-refractivity contribution in [3.63, 3.8) is 0 Å². The molecule has 4 nitrogen and oxygen atoms in total. The van der Waals surface area contributed by atoms with E-state index < -0.39 is 21.6 Å². The van der Waals surface area contributed by atoms with Crippen LogP contribution >= 0.6 is 15.9 Å². The van der Waals surface area contributed by atoms with Gasteiger partial charge in [0.05, 0.1) is 10.5 Å². The highest BCUT2D eigenvalue weighted by Gasteiger charge is 2.13. The largest absolute Gasteiger partial charge is 0.322 e. The summed E-state index contributed by atoms with van der Waals surface area (Å²) in [7, 11) is -3.37. The molecule has 0 heterocycles. The first-order valence-electron chi connectivity index (χ1n) is 5.84. The maximum atomic E-state index is 13.7. The van der Waals surface area contributed by atoms with E-state index in [9.17, 15) is 17.6 Å². The molecule has 0 saturated heterocycles. The zero-order valence-electron chi connectivity index (χ0n) is 10.9. The lowest BCUT2D eigenvalue weighted by molar-refractivity contribution is 0.102. The molecule has 2 rings (SSSR count). The monoisotopic (exact) mass is 371 g/mol. The van der Waals surface area contributed by atoms with Crippen LogP contribution in [-0.4, -0.2) is 20.6 Å². The third-order valence-electron chi connectivity index (χ3n) is 2.70.